The van der Waals surface area contributed by atoms with Crippen molar-refractivity contribution >= 4 is 37.5 Å². The van der Waals surface area contributed by atoms with Crippen molar-refractivity contribution in [1.29, 1.82) is 0 Å². The minimum Gasteiger partial charge on any atom is -0.293 e. The van der Waals surface area contributed by atoms with E-state index in [1.165, 1.54) is 0 Å². The molecule has 0 unspecified atom stereocenters. The van der Waals surface area contributed by atoms with Gasteiger partial charge in [-0.1, -0.05) is 0 Å². The zero-order chi connectivity index (χ0) is 7.84. The molecule has 0 spiro atoms. The van der Waals surface area contributed by atoms with Crippen LogP contribution in [0, 0.1) is 0 Å². The van der Waals surface area contributed by atoms with E-state index in [0.717, 1.165) is 14.7 Å². The van der Waals surface area contributed by atoms with Gasteiger partial charge in [0.15, 0.2) is 5.65 Å². The van der Waals surface area contributed by atoms with Gasteiger partial charge in [0.2, 0.25) is 0 Å². The maximum atomic E-state index is 4.17. The molecule has 2 nitrogen and oxygen atoms in total. The summed E-state index contributed by atoms with van der Waals surface area (Å²) in [6.07, 6.45) is 3.68. The number of hydrogen-bond acceptors (Lipinski definition) is 1. The van der Waals surface area contributed by atoms with Gasteiger partial charge in [-0.15, -0.1) is 0 Å². The second-order valence-corrected chi connectivity index (χ2v) is 3.79. The summed E-state index contributed by atoms with van der Waals surface area (Å²) in [6.45, 7) is 0. The minimum atomic E-state index is 0.930. The molecule has 11 heavy (non-hydrogen) atoms. The van der Waals surface area contributed by atoms with Gasteiger partial charge in [0.1, 0.15) is 0 Å². The van der Waals surface area contributed by atoms with Crippen LogP contribution >= 0.6 is 31.9 Å². The monoisotopic (exact) mass is 274 g/mol. The molecule has 0 fully saturated rings. The van der Waals surface area contributed by atoms with Crippen LogP contribution in [0.1, 0.15) is 0 Å². The Kier molecular flexibility index (Phi) is 1.73. The first-order valence-electron chi connectivity index (χ1n) is 3.06. The molecule has 0 saturated carbocycles. The number of imidazole rings is 1. The van der Waals surface area contributed by atoms with Crippen LogP contribution in [0.5, 0.6) is 0 Å². The fraction of sp³-hybridized carbons (Fsp3) is 0. The molecule has 0 aromatic carbocycles. The highest BCUT2D eigenvalue weighted by molar-refractivity contribution is 9.11. The number of halogens is 2. The lowest BCUT2D eigenvalue weighted by atomic mass is 10.5. The van der Waals surface area contributed by atoms with Gasteiger partial charge in [-0.25, -0.2) is 4.98 Å². The fourth-order valence-corrected chi connectivity index (χ4v) is 1.79. The normalized spacial score (nSPS) is 10.7. The number of pyridine rings is 1. The van der Waals surface area contributed by atoms with Gasteiger partial charge < -0.3 is 0 Å². The van der Waals surface area contributed by atoms with E-state index in [9.17, 15) is 0 Å². The van der Waals surface area contributed by atoms with Gasteiger partial charge in [0, 0.05) is 12.4 Å². The summed E-state index contributed by atoms with van der Waals surface area (Å²) in [5, 5.41) is 0. The zero-order valence-electron chi connectivity index (χ0n) is 5.46. The molecule has 0 aliphatic carbocycles. The van der Waals surface area contributed by atoms with Crippen molar-refractivity contribution in [2.45, 2.75) is 0 Å². The summed E-state index contributed by atoms with van der Waals surface area (Å²) < 4.78 is 3.98. The van der Waals surface area contributed by atoms with Crippen LogP contribution < -0.4 is 0 Å². The van der Waals surface area contributed by atoms with Crippen molar-refractivity contribution in [2.24, 2.45) is 0 Å². The maximum absolute atomic E-state index is 4.17. The van der Waals surface area contributed by atoms with Crippen molar-refractivity contribution in [3.05, 3.63) is 33.6 Å². The van der Waals surface area contributed by atoms with Crippen molar-refractivity contribution in [3.8, 4) is 0 Å². The van der Waals surface area contributed by atoms with E-state index < -0.39 is 0 Å². The highest BCUT2D eigenvalue weighted by Crippen LogP contribution is 2.20. The first kappa shape index (κ1) is 7.31. The van der Waals surface area contributed by atoms with Gasteiger partial charge in [0.25, 0.3) is 0 Å². The van der Waals surface area contributed by atoms with Gasteiger partial charge in [0.05, 0.1) is 9.08 Å². The van der Waals surface area contributed by atoms with Crippen LogP contribution in [-0.2, 0) is 0 Å². The topological polar surface area (TPSA) is 17.3 Å². The Hall–Kier alpha value is -0.350. The first-order chi connectivity index (χ1) is 5.29. The van der Waals surface area contributed by atoms with Gasteiger partial charge in [-0.2, -0.15) is 0 Å². The SMILES string of the molecule is Brc1ccc(Br)n2ccnc12. The lowest BCUT2D eigenvalue weighted by molar-refractivity contribution is 1.14. The Morgan fingerprint density at radius 1 is 1.27 bits per heavy atom. The van der Waals surface area contributed by atoms with Gasteiger partial charge in [-0.05, 0) is 44.0 Å². The van der Waals surface area contributed by atoms with Crippen LogP contribution in [0.25, 0.3) is 5.65 Å². The Balaban J connectivity index is 2.96. The van der Waals surface area contributed by atoms with Crippen LogP contribution in [0.15, 0.2) is 33.6 Å². The zero-order valence-corrected chi connectivity index (χ0v) is 8.63. The lowest BCUT2D eigenvalue weighted by Gasteiger charge is -1.97. The summed E-state index contributed by atoms with van der Waals surface area (Å²) in [5.74, 6) is 0. The summed E-state index contributed by atoms with van der Waals surface area (Å²) in [7, 11) is 0. The number of nitrogens with zero attached hydrogens (tertiary/aromatic N) is 2. The highest BCUT2D eigenvalue weighted by Gasteiger charge is 2.00. The Labute approximate surface area is 80.5 Å². The first-order valence-corrected chi connectivity index (χ1v) is 4.65. The number of rotatable bonds is 0. The van der Waals surface area contributed by atoms with Gasteiger partial charge in [-0.3, -0.25) is 4.40 Å². The lowest BCUT2D eigenvalue weighted by Crippen LogP contribution is -1.85. The van der Waals surface area contributed by atoms with E-state index in [4.69, 9.17) is 0 Å². The number of hydrogen-bond donors (Lipinski definition) is 0. The van der Waals surface area contributed by atoms with Crippen molar-refractivity contribution in [2.75, 3.05) is 0 Å². The van der Waals surface area contributed by atoms with Crippen LogP contribution in [0.2, 0.25) is 0 Å². The van der Waals surface area contributed by atoms with E-state index in [1.54, 1.807) is 6.20 Å². The molecule has 0 atom stereocenters. The molecular weight excluding hydrogens is 272 g/mol. The molecule has 0 aliphatic rings. The van der Waals surface area contributed by atoms with E-state index in [1.807, 2.05) is 22.7 Å². The molecular formula is C7H4Br2N2. The van der Waals surface area contributed by atoms with Crippen molar-refractivity contribution < 1.29 is 0 Å². The second-order valence-electron chi connectivity index (χ2n) is 2.12. The molecule has 2 aromatic rings. The second kappa shape index (κ2) is 2.60. The highest BCUT2D eigenvalue weighted by atomic mass is 79.9. The molecule has 56 valence electrons. The van der Waals surface area contributed by atoms with Crippen molar-refractivity contribution in [1.82, 2.24) is 9.38 Å². The largest absolute Gasteiger partial charge is 0.293 e. The minimum absolute atomic E-state index is 0.930. The summed E-state index contributed by atoms with van der Waals surface area (Å²) in [5.41, 5.74) is 0.930. The average molecular weight is 276 g/mol. The fourth-order valence-electron chi connectivity index (χ4n) is 0.949. The Bertz CT molecular complexity index is 358. The third kappa shape index (κ3) is 1.10. The third-order valence-corrected chi connectivity index (χ3v) is 2.72. The summed E-state index contributed by atoms with van der Waals surface area (Å²) in [6, 6.07) is 3.94. The number of fused-ring (bicyclic) bond motifs is 1. The molecule has 0 aliphatic heterocycles. The molecule has 2 aromatic heterocycles. The van der Waals surface area contributed by atoms with Gasteiger partial charge >= 0.3 is 0 Å². The quantitative estimate of drug-likeness (QED) is 0.676. The van der Waals surface area contributed by atoms with E-state index >= 15 is 0 Å². The van der Waals surface area contributed by atoms with Crippen LogP contribution in [0.3, 0.4) is 0 Å². The average Bonchev–Trinajstić information content (AvgIpc) is 2.45. The van der Waals surface area contributed by atoms with Crippen LogP contribution in [0.4, 0.5) is 0 Å². The van der Waals surface area contributed by atoms with Crippen LogP contribution in [-0.4, -0.2) is 9.38 Å². The molecule has 0 N–H and O–H groups in total. The third-order valence-electron chi connectivity index (χ3n) is 1.45. The molecule has 2 rings (SSSR count). The summed E-state index contributed by atoms with van der Waals surface area (Å²) in [4.78, 5) is 4.17. The molecule has 0 saturated heterocycles. The predicted octanol–water partition coefficient (Wildman–Crippen LogP) is 2.86. The predicted molar refractivity (Wildman–Crippen MR) is 50.6 cm³/mol. The van der Waals surface area contributed by atoms with E-state index in [2.05, 4.69) is 36.8 Å². The van der Waals surface area contributed by atoms with Crippen molar-refractivity contribution in [3.63, 3.8) is 0 Å². The molecule has 4 heteroatoms. The van der Waals surface area contributed by atoms with E-state index in [0.29, 0.717) is 0 Å². The molecule has 0 bridgehead atoms. The molecule has 0 radical (unpaired) electrons. The smallest absolute Gasteiger partial charge is 0.151 e. The molecule has 2 heterocycles. The summed E-state index contributed by atoms with van der Waals surface area (Å²) >= 11 is 6.82. The molecule has 0 amide bonds. The van der Waals surface area contributed by atoms with E-state index in [-0.39, 0.29) is 0 Å². The number of aromatic nitrogens is 2. The maximum Gasteiger partial charge on any atom is 0.151 e. The Morgan fingerprint density at radius 3 is 2.82 bits per heavy atom. The Morgan fingerprint density at radius 2 is 2.09 bits per heavy atom. The standard InChI is InChI=1S/C7H4Br2N2/c8-5-1-2-6(9)11-4-3-10-7(5)11/h1-4H.